The Kier molecular flexibility index (Phi) is 8.21. The van der Waals surface area contributed by atoms with Gasteiger partial charge in [0, 0.05) is 22.3 Å². The van der Waals surface area contributed by atoms with Crippen molar-refractivity contribution in [1.29, 1.82) is 0 Å². The second-order valence-electron chi connectivity index (χ2n) is 8.90. The van der Waals surface area contributed by atoms with Crippen molar-refractivity contribution in [2.24, 2.45) is 0 Å². The Morgan fingerprint density at radius 3 is 2.00 bits per heavy atom. The van der Waals surface area contributed by atoms with Crippen LogP contribution in [0.25, 0.3) is 0 Å². The molecule has 42 heavy (non-hydrogen) atoms. The standard InChI is InChI=1S/C31H23F2N3O5S/c1-40-23-13-16-25(26(17-23)41-2)29(37)35-21-9-14-24(15-10-21)42-28-27(34-20-7-3-18(32)4-8-20)30(38)36(31(28)39)22-11-5-19(33)6-12-22/h3-17,34H,1-2H3,(H,35,37). The van der Waals surface area contributed by atoms with Gasteiger partial charge in [-0.05, 0) is 84.9 Å². The van der Waals surface area contributed by atoms with Gasteiger partial charge in [-0.1, -0.05) is 11.8 Å². The Balaban J connectivity index is 1.39. The Morgan fingerprint density at radius 2 is 1.38 bits per heavy atom. The lowest BCUT2D eigenvalue weighted by Crippen LogP contribution is -2.32. The fraction of sp³-hybridized carbons (Fsp3) is 0.0645. The third-order valence-corrected chi connectivity index (χ3v) is 7.32. The average molecular weight is 588 g/mol. The quantitative estimate of drug-likeness (QED) is 0.224. The fourth-order valence-corrected chi connectivity index (χ4v) is 5.05. The lowest BCUT2D eigenvalue weighted by atomic mass is 10.1. The number of hydrogen-bond acceptors (Lipinski definition) is 7. The molecule has 4 aromatic carbocycles. The summed E-state index contributed by atoms with van der Waals surface area (Å²) in [5.41, 5.74) is 1.40. The number of hydrogen-bond donors (Lipinski definition) is 2. The molecule has 0 aromatic heterocycles. The molecular weight excluding hydrogens is 564 g/mol. The number of carbonyl (C=O) groups excluding carboxylic acids is 3. The number of nitrogens with zero attached hydrogens (tertiary/aromatic N) is 1. The highest BCUT2D eigenvalue weighted by Gasteiger charge is 2.40. The molecule has 1 aliphatic heterocycles. The molecule has 1 heterocycles. The van der Waals surface area contributed by atoms with E-state index >= 15 is 0 Å². The van der Waals surface area contributed by atoms with E-state index in [2.05, 4.69) is 10.6 Å². The van der Waals surface area contributed by atoms with Crippen LogP contribution in [0.3, 0.4) is 0 Å². The van der Waals surface area contributed by atoms with Gasteiger partial charge in [0.1, 0.15) is 33.7 Å². The summed E-state index contributed by atoms with van der Waals surface area (Å²) in [6.45, 7) is 0. The molecular formula is C31H23F2N3O5S. The SMILES string of the molecule is COc1ccc(C(=O)Nc2ccc(SC3=C(Nc4ccc(F)cc4)C(=O)N(c4ccc(F)cc4)C3=O)cc2)c(OC)c1. The zero-order chi connectivity index (χ0) is 29.8. The van der Waals surface area contributed by atoms with Crippen LogP contribution in [0.4, 0.5) is 25.8 Å². The summed E-state index contributed by atoms with van der Waals surface area (Å²) in [6.07, 6.45) is 0. The van der Waals surface area contributed by atoms with Crippen LogP contribution in [0, 0.1) is 11.6 Å². The lowest BCUT2D eigenvalue weighted by Gasteiger charge is -2.15. The van der Waals surface area contributed by atoms with Gasteiger partial charge >= 0.3 is 0 Å². The van der Waals surface area contributed by atoms with Gasteiger partial charge in [-0.3, -0.25) is 14.4 Å². The molecule has 0 unspecified atom stereocenters. The molecule has 212 valence electrons. The highest BCUT2D eigenvalue weighted by molar-refractivity contribution is 8.04. The monoisotopic (exact) mass is 587 g/mol. The number of thioether (sulfide) groups is 1. The molecule has 0 bridgehead atoms. The predicted molar refractivity (Wildman–Crippen MR) is 156 cm³/mol. The second kappa shape index (κ2) is 12.1. The lowest BCUT2D eigenvalue weighted by molar-refractivity contribution is -0.120. The van der Waals surface area contributed by atoms with Crippen LogP contribution in [0.5, 0.6) is 11.5 Å². The first-order chi connectivity index (χ1) is 20.3. The van der Waals surface area contributed by atoms with Gasteiger partial charge in [0.15, 0.2) is 0 Å². The summed E-state index contributed by atoms with van der Waals surface area (Å²) in [6, 6.07) is 21.9. The van der Waals surface area contributed by atoms with Crippen LogP contribution >= 0.6 is 11.8 Å². The zero-order valence-corrected chi connectivity index (χ0v) is 23.1. The maximum absolute atomic E-state index is 13.5. The Hall–Kier alpha value is -5.16. The zero-order valence-electron chi connectivity index (χ0n) is 22.3. The van der Waals surface area contributed by atoms with Crippen molar-refractivity contribution in [3.05, 3.63) is 119 Å². The van der Waals surface area contributed by atoms with Gasteiger partial charge in [0.25, 0.3) is 17.7 Å². The number of anilines is 3. The van der Waals surface area contributed by atoms with Crippen molar-refractivity contribution < 1.29 is 32.6 Å². The van der Waals surface area contributed by atoms with Gasteiger partial charge in [-0.2, -0.15) is 0 Å². The molecule has 0 spiro atoms. The van der Waals surface area contributed by atoms with E-state index in [0.29, 0.717) is 33.3 Å². The van der Waals surface area contributed by atoms with Crippen LogP contribution < -0.4 is 25.0 Å². The van der Waals surface area contributed by atoms with Gasteiger partial charge in [0.05, 0.1) is 25.5 Å². The van der Waals surface area contributed by atoms with E-state index in [9.17, 15) is 23.2 Å². The van der Waals surface area contributed by atoms with Crippen molar-refractivity contribution in [3.8, 4) is 11.5 Å². The smallest absolute Gasteiger partial charge is 0.283 e. The summed E-state index contributed by atoms with van der Waals surface area (Å²) in [4.78, 5) is 41.4. The van der Waals surface area contributed by atoms with Crippen LogP contribution in [-0.2, 0) is 9.59 Å². The van der Waals surface area contributed by atoms with Gasteiger partial charge in [-0.25, -0.2) is 13.7 Å². The molecule has 0 saturated heterocycles. The van der Waals surface area contributed by atoms with E-state index in [1.807, 2.05) is 0 Å². The number of halogens is 2. The molecule has 0 radical (unpaired) electrons. The molecule has 0 saturated carbocycles. The first-order valence-corrected chi connectivity index (χ1v) is 13.3. The number of benzene rings is 4. The molecule has 11 heteroatoms. The normalized spacial score (nSPS) is 12.9. The molecule has 4 aromatic rings. The number of methoxy groups -OCH3 is 2. The number of imide groups is 1. The minimum atomic E-state index is -0.643. The molecule has 0 fully saturated rings. The fourth-order valence-electron chi connectivity index (χ4n) is 4.13. The largest absolute Gasteiger partial charge is 0.497 e. The van der Waals surface area contributed by atoms with E-state index in [1.54, 1.807) is 42.5 Å². The first-order valence-electron chi connectivity index (χ1n) is 12.5. The Labute approximate surface area is 243 Å². The van der Waals surface area contributed by atoms with Crippen molar-refractivity contribution in [2.45, 2.75) is 4.90 Å². The highest BCUT2D eigenvalue weighted by Crippen LogP contribution is 2.38. The maximum atomic E-state index is 13.5. The minimum absolute atomic E-state index is 0.00934. The molecule has 0 atom stereocenters. The van der Waals surface area contributed by atoms with Gasteiger partial charge in [0.2, 0.25) is 0 Å². The molecule has 0 aliphatic carbocycles. The van der Waals surface area contributed by atoms with Crippen molar-refractivity contribution >= 4 is 46.5 Å². The van der Waals surface area contributed by atoms with Crippen molar-refractivity contribution in [2.75, 3.05) is 29.8 Å². The Morgan fingerprint density at radius 1 is 0.762 bits per heavy atom. The van der Waals surface area contributed by atoms with Gasteiger partial charge < -0.3 is 20.1 Å². The molecule has 8 nitrogen and oxygen atoms in total. The van der Waals surface area contributed by atoms with Crippen LogP contribution in [0.2, 0.25) is 0 Å². The van der Waals surface area contributed by atoms with E-state index in [1.165, 1.54) is 50.6 Å². The van der Waals surface area contributed by atoms with Crippen molar-refractivity contribution in [3.63, 3.8) is 0 Å². The van der Waals surface area contributed by atoms with Crippen LogP contribution in [0.15, 0.2) is 106 Å². The number of amides is 3. The summed E-state index contributed by atoms with van der Waals surface area (Å²) in [5.74, 6) is -1.71. The minimum Gasteiger partial charge on any atom is -0.497 e. The van der Waals surface area contributed by atoms with Gasteiger partial charge in [-0.15, -0.1) is 0 Å². The summed E-state index contributed by atoms with van der Waals surface area (Å²) >= 11 is 1.04. The van der Waals surface area contributed by atoms with Crippen LogP contribution in [0.1, 0.15) is 10.4 Å². The number of ether oxygens (including phenoxy) is 2. The predicted octanol–water partition coefficient (Wildman–Crippen LogP) is 6.22. The number of carbonyl (C=O) groups is 3. The van der Waals surface area contributed by atoms with E-state index in [-0.39, 0.29) is 16.3 Å². The maximum Gasteiger partial charge on any atom is 0.283 e. The van der Waals surface area contributed by atoms with Crippen molar-refractivity contribution in [1.82, 2.24) is 0 Å². The molecule has 1 aliphatic rings. The van der Waals surface area contributed by atoms with E-state index in [4.69, 9.17) is 9.47 Å². The summed E-state index contributed by atoms with van der Waals surface area (Å²) in [7, 11) is 2.97. The summed E-state index contributed by atoms with van der Waals surface area (Å²) in [5, 5.41) is 5.73. The number of nitrogens with one attached hydrogen (secondary N) is 2. The number of rotatable bonds is 9. The molecule has 5 rings (SSSR count). The topological polar surface area (TPSA) is 97.0 Å². The third-order valence-electron chi connectivity index (χ3n) is 6.23. The highest BCUT2D eigenvalue weighted by atomic mass is 32.2. The average Bonchev–Trinajstić information content (AvgIpc) is 3.23. The summed E-state index contributed by atoms with van der Waals surface area (Å²) < 4.78 is 37.5. The third kappa shape index (κ3) is 5.96. The molecule has 3 amide bonds. The van der Waals surface area contributed by atoms with E-state index in [0.717, 1.165) is 28.8 Å². The van der Waals surface area contributed by atoms with Crippen LogP contribution in [-0.4, -0.2) is 31.9 Å². The second-order valence-corrected chi connectivity index (χ2v) is 9.99. The molecule has 2 N–H and O–H groups in total. The Bertz CT molecular complexity index is 1690. The first kappa shape index (κ1) is 28.4. The van der Waals surface area contributed by atoms with E-state index < -0.39 is 29.4 Å².